The summed E-state index contributed by atoms with van der Waals surface area (Å²) in [6.45, 7) is 3.86. The van der Waals surface area contributed by atoms with Crippen molar-refractivity contribution in [3.8, 4) is 0 Å². The van der Waals surface area contributed by atoms with E-state index < -0.39 is 10.0 Å². The van der Waals surface area contributed by atoms with E-state index in [4.69, 9.17) is 0 Å². The van der Waals surface area contributed by atoms with Gasteiger partial charge in [0.15, 0.2) is 0 Å². The number of nitrogens with one attached hydrogen (secondary N) is 1. The van der Waals surface area contributed by atoms with E-state index >= 15 is 0 Å². The molecule has 1 amide bonds. The lowest BCUT2D eigenvalue weighted by Gasteiger charge is -2.30. The van der Waals surface area contributed by atoms with Crippen LogP contribution in [0.2, 0.25) is 0 Å². The zero-order valence-electron chi connectivity index (χ0n) is 17.2. The number of hydrogen-bond donors (Lipinski definition) is 1. The Morgan fingerprint density at radius 2 is 1.93 bits per heavy atom. The fourth-order valence-corrected chi connectivity index (χ4v) is 6.57. The molecule has 2 heterocycles. The number of nitrogens with zero attached hydrogens (tertiary/aromatic N) is 2. The molecule has 1 aromatic heterocycles. The van der Waals surface area contributed by atoms with Gasteiger partial charge in [0, 0.05) is 31.1 Å². The van der Waals surface area contributed by atoms with Gasteiger partial charge in [0.2, 0.25) is 5.91 Å². The number of aryl methyl sites for hydroxylation is 1. The van der Waals surface area contributed by atoms with Crippen molar-refractivity contribution in [3.05, 3.63) is 52.4 Å². The Kier molecular flexibility index (Phi) is 7.10. The third-order valence-electron chi connectivity index (χ3n) is 5.12. The van der Waals surface area contributed by atoms with Gasteiger partial charge in [0.25, 0.3) is 10.0 Å². The van der Waals surface area contributed by atoms with E-state index in [9.17, 15) is 13.2 Å². The quantitative estimate of drug-likeness (QED) is 0.726. The molecule has 1 saturated heterocycles. The van der Waals surface area contributed by atoms with Crippen molar-refractivity contribution in [2.24, 2.45) is 5.92 Å². The van der Waals surface area contributed by atoms with Crippen LogP contribution in [0.5, 0.6) is 0 Å². The molecule has 6 nitrogen and oxygen atoms in total. The summed E-state index contributed by atoms with van der Waals surface area (Å²) in [6, 6.07) is 11.5. The predicted molar refractivity (Wildman–Crippen MR) is 116 cm³/mol. The first-order valence-corrected chi connectivity index (χ1v) is 12.1. The fourth-order valence-electron chi connectivity index (χ4n) is 3.60. The van der Waals surface area contributed by atoms with E-state index in [1.165, 1.54) is 21.2 Å². The summed E-state index contributed by atoms with van der Waals surface area (Å²) >= 11 is 1.28. The average molecular weight is 436 g/mol. The highest BCUT2D eigenvalue weighted by Crippen LogP contribution is 2.28. The molecule has 158 valence electrons. The van der Waals surface area contributed by atoms with Gasteiger partial charge in [-0.15, -0.1) is 11.3 Å². The van der Waals surface area contributed by atoms with Crippen LogP contribution in [0.15, 0.2) is 40.6 Å². The van der Waals surface area contributed by atoms with Crippen LogP contribution >= 0.6 is 11.3 Å². The van der Waals surface area contributed by atoms with Gasteiger partial charge in [-0.25, -0.2) is 8.42 Å². The van der Waals surface area contributed by atoms with E-state index in [1.54, 1.807) is 6.07 Å². The van der Waals surface area contributed by atoms with E-state index in [1.807, 2.05) is 45.3 Å². The molecule has 1 aliphatic heterocycles. The summed E-state index contributed by atoms with van der Waals surface area (Å²) < 4.78 is 27.6. The minimum atomic E-state index is -3.53. The fraction of sp³-hybridized carbons (Fsp3) is 0.476. The topological polar surface area (TPSA) is 69.7 Å². The van der Waals surface area contributed by atoms with E-state index in [0.29, 0.717) is 30.1 Å². The number of sulfonamides is 1. The van der Waals surface area contributed by atoms with Gasteiger partial charge in [0.05, 0.1) is 5.92 Å². The second-order valence-electron chi connectivity index (χ2n) is 7.79. The maximum absolute atomic E-state index is 12.9. The molecule has 1 unspecified atom stereocenters. The molecule has 1 aromatic carbocycles. The predicted octanol–water partition coefficient (Wildman–Crippen LogP) is 2.84. The van der Waals surface area contributed by atoms with Crippen molar-refractivity contribution in [3.63, 3.8) is 0 Å². The third kappa shape index (κ3) is 5.45. The van der Waals surface area contributed by atoms with Crippen LogP contribution in [0.25, 0.3) is 0 Å². The lowest BCUT2D eigenvalue weighted by atomic mass is 9.98. The van der Waals surface area contributed by atoms with Crippen LogP contribution in [-0.4, -0.2) is 50.7 Å². The highest BCUT2D eigenvalue weighted by Gasteiger charge is 2.33. The molecule has 0 saturated carbocycles. The SMILES string of the molecule is Cc1ccc(S(=O)(=O)N2CCCC(C(=O)NCc3ccccc3CN(C)C)C2)s1. The molecule has 2 aromatic rings. The summed E-state index contributed by atoms with van der Waals surface area (Å²) in [5, 5.41) is 3.02. The zero-order valence-corrected chi connectivity index (χ0v) is 18.9. The Hall–Kier alpha value is -1.74. The lowest BCUT2D eigenvalue weighted by molar-refractivity contribution is -0.126. The van der Waals surface area contributed by atoms with Gasteiger partial charge in [0.1, 0.15) is 4.21 Å². The lowest BCUT2D eigenvalue weighted by Crippen LogP contribution is -2.45. The number of rotatable bonds is 7. The molecule has 0 bridgehead atoms. The van der Waals surface area contributed by atoms with Gasteiger partial charge < -0.3 is 10.2 Å². The van der Waals surface area contributed by atoms with E-state index in [0.717, 1.165) is 17.0 Å². The van der Waals surface area contributed by atoms with Gasteiger partial charge in [-0.05, 0) is 57.1 Å². The molecule has 8 heteroatoms. The van der Waals surface area contributed by atoms with Crippen molar-refractivity contribution in [2.45, 2.75) is 37.1 Å². The zero-order chi connectivity index (χ0) is 21.0. The number of benzene rings is 1. The first-order valence-electron chi connectivity index (χ1n) is 9.83. The molecule has 1 fully saturated rings. The first kappa shape index (κ1) is 22.0. The molecule has 3 rings (SSSR count). The molecule has 0 radical (unpaired) electrons. The number of piperidine rings is 1. The van der Waals surface area contributed by atoms with Crippen molar-refractivity contribution >= 4 is 27.3 Å². The van der Waals surface area contributed by atoms with Crippen LogP contribution in [0.1, 0.15) is 28.8 Å². The van der Waals surface area contributed by atoms with Crippen molar-refractivity contribution in [1.29, 1.82) is 0 Å². The summed E-state index contributed by atoms with van der Waals surface area (Å²) in [4.78, 5) is 15.8. The number of carbonyl (C=O) groups excluding carboxylic acids is 1. The van der Waals surface area contributed by atoms with Gasteiger partial charge in [-0.2, -0.15) is 4.31 Å². The first-order chi connectivity index (χ1) is 13.8. The molecule has 0 aliphatic carbocycles. The largest absolute Gasteiger partial charge is 0.352 e. The third-order valence-corrected chi connectivity index (χ3v) is 8.46. The highest BCUT2D eigenvalue weighted by atomic mass is 32.2. The van der Waals surface area contributed by atoms with Crippen LogP contribution < -0.4 is 5.32 Å². The summed E-state index contributed by atoms with van der Waals surface area (Å²) in [6.07, 6.45) is 1.40. The highest BCUT2D eigenvalue weighted by molar-refractivity contribution is 7.91. The second-order valence-corrected chi connectivity index (χ2v) is 11.2. The number of amides is 1. The van der Waals surface area contributed by atoms with Crippen LogP contribution in [-0.2, 0) is 27.9 Å². The Bertz CT molecular complexity index is 954. The number of thiophene rings is 1. The smallest absolute Gasteiger partial charge is 0.252 e. The standard InChI is InChI=1S/C21H29N3O3S2/c1-16-10-11-20(28-16)29(26,27)24-12-6-9-19(15-24)21(25)22-13-17-7-4-5-8-18(17)14-23(2)3/h4-5,7-8,10-11,19H,6,9,12-15H2,1-3H3,(H,22,25). The van der Waals surface area contributed by atoms with E-state index in [2.05, 4.69) is 16.3 Å². The van der Waals surface area contributed by atoms with Crippen molar-refractivity contribution < 1.29 is 13.2 Å². The molecule has 0 spiro atoms. The van der Waals surface area contributed by atoms with Crippen LogP contribution in [0.4, 0.5) is 0 Å². The van der Waals surface area contributed by atoms with E-state index in [-0.39, 0.29) is 18.4 Å². The molecule has 1 aliphatic rings. The van der Waals surface area contributed by atoms with Crippen LogP contribution in [0.3, 0.4) is 0 Å². The number of hydrogen-bond acceptors (Lipinski definition) is 5. The summed E-state index contributed by atoms with van der Waals surface area (Å²) in [5.41, 5.74) is 2.27. The normalized spacial score (nSPS) is 18.1. The summed E-state index contributed by atoms with van der Waals surface area (Å²) in [5.74, 6) is -0.396. The Balaban J connectivity index is 1.63. The molecular weight excluding hydrogens is 406 g/mol. The van der Waals surface area contributed by atoms with Crippen LogP contribution in [0, 0.1) is 12.8 Å². The van der Waals surface area contributed by atoms with Gasteiger partial charge >= 0.3 is 0 Å². The number of carbonyl (C=O) groups is 1. The Morgan fingerprint density at radius 3 is 2.59 bits per heavy atom. The minimum absolute atomic E-state index is 0.0769. The average Bonchev–Trinajstić information content (AvgIpc) is 3.14. The van der Waals surface area contributed by atoms with Gasteiger partial charge in [-0.3, -0.25) is 4.79 Å². The second kappa shape index (κ2) is 9.38. The summed E-state index contributed by atoms with van der Waals surface area (Å²) in [7, 11) is 0.502. The maximum atomic E-state index is 12.9. The molecule has 1 N–H and O–H groups in total. The molecule has 1 atom stereocenters. The Labute approximate surface area is 177 Å². The minimum Gasteiger partial charge on any atom is -0.352 e. The van der Waals surface area contributed by atoms with Crippen molar-refractivity contribution in [1.82, 2.24) is 14.5 Å². The molecular formula is C21H29N3O3S2. The maximum Gasteiger partial charge on any atom is 0.252 e. The van der Waals surface area contributed by atoms with Crippen molar-refractivity contribution in [2.75, 3.05) is 27.2 Å². The molecule has 29 heavy (non-hydrogen) atoms. The monoisotopic (exact) mass is 435 g/mol. The Morgan fingerprint density at radius 1 is 1.21 bits per heavy atom. The van der Waals surface area contributed by atoms with Gasteiger partial charge in [-0.1, -0.05) is 24.3 Å².